The number of ether oxygens (including phenoxy) is 6. The number of carbonyl (C=O) groups is 2. The van der Waals surface area contributed by atoms with Gasteiger partial charge in [0.25, 0.3) is 0 Å². The van der Waals surface area contributed by atoms with E-state index in [1.165, 1.54) is 6.92 Å². The fourth-order valence-electron chi connectivity index (χ4n) is 8.24. The van der Waals surface area contributed by atoms with Crippen molar-refractivity contribution >= 4 is 23.4 Å². The van der Waals surface area contributed by atoms with Crippen molar-refractivity contribution in [2.45, 2.75) is 155 Å². The molecule has 0 aromatic heterocycles. The van der Waals surface area contributed by atoms with Gasteiger partial charge in [-0.2, -0.15) is 10.2 Å². The van der Waals surface area contributed by atoms with E-state index >= 15 is 0 Å². The first kappa shape index (κ1) is 47.4. The normalized spacial score (nSPS) is 38.4. The Morgan fingerprint density at radius 1 is 1.02 bits per heavy atom. The molecule has 2 aliphatic rings. The summed E-state index contributed by atoms with van der Waals surface area (Å²) in [7, 11) is 6.88. The number of cyclic esters (lactones) is 1. The number of benzene rings is 1. The number of likely N-dealkylation sites (N-methyl/N-ethyl adjacent to an activating group) is 1. The molecular weight excluding hydrogens is 722 g/mol. The van der Waals surface area contributed by atoms with Crippen LogP contribution in [0.1, 0.15) is 94.1 Å². The molecule has 14 unspecified atom stereocenters. The lowest BCUT2D eigenvalue weighted by atomic mass is 9.73. The molecule has 2 heterocycles. The summed E-state index contributed by atoms with van der Waals surface area (Å²) in [6.45, 7) is 17.7. The van der Waals surface area contributed by atoms with Crippen LogP contribution in [-0.2, 0) is 39.7 Å². The highest BCUT2D eigenvalue weighted by Crippen LogP contribution is 2.40. The van der Waals surface area contributed by atoms with Gasteiger partial charge in [0, 0.05) is 36.4 Å². The van der Waals surface area contributed by atoms with Gasteiger partial charge < -0.3 is 48.6 Å². The second-order valence-electron chi connectivity index (χ2n) is 16.7. The lowest BCUT2D eigenvalue weighted by molar-refractivity contribution is -0.301. The Kier molecular flexibility index (Phi) is 17.0. The van der Waals surface area contributed by atoms with Gasteiger partial charge >= 0.3 is 11.9 Å². The summed E-state index contributed by atoms with van der Waals surface area (Å²) in [5.74, 6) is -3.73. The summed E-state index contributed by atoms with van der Waals surface area (Å²) in [5, 5.41) is 44.4. The van der Waals surface area contributed by atoms with Crippen LogP contribution in [0.25, 0.3) is 0 Å². The second-order valence-corrected chi connectivity index (χ2v) is 16.7. The molecule has 14 heteroatoms. The molecule has 3 N–H and O–H groups in total. The molecule has 2 saturated heterocycles. The first-order valence-corrected chi connectivity index (χ1v) is 19.8. The number of aliphatic hydroxyl groups is 3. The predicted octanol–water partition coefficient (Wildman–Crippen LogP) is 4.58. The highest BCUT2D eigenvalue weighted by atomic mass is 16.7. The van der Waals surface area contributed by atoms with E-state index in [0.29, 0.717) is 29.2 Å². The Labute approximate surface area is 333 Å². The SMILES string of the molecule is CCC1OC(=O)C(C)C(OC(=O)Cc2ccc(OC)cc2)C(C)C(OC2OC(C)CC(N(C)C)C2O)C(C)(OC)CC(C)C(=NN=C(C)C)C(C)C(O)C1(C)O. The van der Waals surface area contributed by atoms with Crippen LogP contribution in [0.4, 0.5) is 0 Å². The summed E-state index contributed by atoms with van der Waals surface area (Å²) in [6.07, 6.45) is -6.23. The van der Waals surface area contributed by atoms with Crippen molar-refractivity contribution in [3.05, 3.63) is 29.8 Å². The first-order chi connectivity index (χ1) is 26.1. The van der Waals surface area contributed by atoms with Crippen molar-refractivity contribution in [3.63, 3.8) is 0 Å². The lowest BCUT2D eigenvalue weighted by Crippen LogP contribution is -2.60. The fraction of sp³-hybridized carbons (Fsp3) is 0.762. The third kappa shape index (κ3) is 11.4. The molecule has 0 bridgehead atoms. The minimum Gasteiger partial charge on any atom is -0.497 e. The highest BCUT2D eigenvalue weighted by molar-refractivity contribution is 5.90. The Morgan fingerprint density at radius 2 is 1.64 bits per heavy atom. The Hall–Kier alpha value is -2.98. The van der Waals surface area contributed by atoms with Gasteiger partial charge in [-0.15, -0.1) is 0 Å². The zero-order valence-corrected chi connectivity index (χ0v) is 36.0. The maximum absolute atomic E-state index is 14.2. The monoisotopic (exact) mass is 791 g/mol. The number of methoxy groups -OCH3 is 2. The number of rotatable bonds is 10. The van der Waals surface area contributed by atoms with Crippen LogP contribution in [0.3, 0.4) is 0 Å². The second kappa shape index (κ2) is 20.1. The van der Waals surface area contributed by atoms with Gasteiger partial charge in [0.2, 0.25) is 0 Å². The zero-order valence-electron chi connectivity index (χ0n) is 36.0. The number of nitrogens with zero attached hydrogens (tertiary/aromatic N) is 3. The lowest BCUT2D eigenvalue weighted by Gasteiger charge is -2.48. The molecule has 0 spiro atoms. The van der Waals surface area contributed by atoms with Crippen LogP contribution in [-0.4, -0.2) is 132 Å². The molecular formula is C42H69N3O11. The molecule has 318 valence electrons. The summed E-state index contributed by atoms with van der Waals surface area (Å²) >= 11 is 0. The van der Waals surface area contributed by atoms with E-state index in [4.69, 9.17) is 28.4 Å². The molecule has 2 fully saturated rings. The predicted molar refractivity (Wildman–Crippen MR) is 214 cm³/mol. The standard InChI is InChI=1S/C42H69N3O11/c1-15-32-42(10,50)37(48)26(6)34(44-43-23(2)3)24(4)22-41(9,52-14)38(56-40-35(47)31(45(11)12)20-25(5)53-40)27(7)36(28(8)39(49)54-32)55-33(46)21-29-16-18-30(51-13)19-17-29/h16-19,24-28,31-32,35-38,40,47-48,50H,15,20-22H2,1-14H3. The maximum Gasteiger partial charge on any atom is 0.312 e. The summed E-state index contributed by atoms with van der Waals surface area (Å²) in [4.78, 5) is 30.0. The van der Waals surface area contributed by atoms with E-state index in [2.05, 4.69) is 10.2 Å². The van der Waals surface area contributed by atoms with Crippen LogP contribution >= 0.6 is 0 Å². The maximum atomic E-state index is 14.2. The van der Waals surface area contributed by atoms with E-state index in [1.807, 2.05) is 46.7 Å². The van der Waals surface area contributed by atoms with Gasteiger partial charge in [0.1, 0.15) is 29.7 Å². The Balaban J connectivity index is 2.26. The van der Waals surface area contributed by atoms with Crippen molar-refractivity contribution in [2.75, 3.05) is 28.3 Å². The van der Waals surface area contributed by atoms with Gasteiger partial charge in [0.05, 0.1) is 43.4 Å². The molecule has 56 heavy (non-hydrogen) atoms. The minimum absolute atomic E-state index is 0.0981. The molecule has 2 aliphatic heterocycles. The average Bonchev–Trinajstić information content (AvgIpc) is 3.14. The van der Waals surface area contributed by atoms with Gasteiger partial charge in [-0.25, -0.2) is 0 Å². The largest absolute Gasteiger partial charge is 0.497 e. The first-order valence-electron chi connectivity index (χ1n) is 19.8. The van der Waals surface area contributed by atoms with Crippen molar-refractivity contribution in [3.8, 4) is 5.75 Å². The van der Waals surface area contributed by atoms with E-state index in [-0.39, 0.29) is 31.4 Å². The molecule has 0 radical (unpaired) electrons. The topological polar surface area (TPSA) is 178 Å². The van der Waals surface area contributed by atoms with Crippen molar-refractivity contribution in [1.29, 1.82) is 0 Å². The third-order valence-corrected chi connectivity index (χ3v) is 11.7. The molecule has 1 aromatic carbocycles. The van der Waals surface area contributed by atoms with E-state index in [0.717, 1.165) is 0 Å². The van der Waals surface area contributed by atoms with E-state index in [9.17, 15) is 24.9 Å². The third-order valence-electron chi connectivity index (χ3n) is 11.7. The molecule has 0 saturated carbocycles. The number of carbonyl (C=O) groups excluding carboxylic acids is 2. The zero-order chi connectivity index (χ0) is 42.3. The molecule has 1 aromatic rings. The smallest absolute Gasteiger partial charge is 0.312 e. The molecule has 14 atom stereocenters. The number of hydrogen-bond acceptors (Lipinski definition) is 14. The summed E-state index contributed by atoms with van der Waals surface area (Å²) < 4.78 is 37.1. The summed E-state index contributed by atoms with van der Waals surface area (Å²) in [6, 6.07) is 6.73. The number of aliphatic hydroxyl groups excluding tert-OH is 2. The molecule has 3 rings (SSSR count). The van der Waals surface area contributed by atoms with Crippen molar-refractivity contribution < 1.29 is 53.3 Å². The average molecular weight is 792 g/mol. The van der Waals surface area contributed by atoms with Crippen LogP contribution in [0.15, 0.2) is 34.5 Å². The quantitative estimate of drug-likeness (QED) is 0.171. The molecule has 0 amide bonds. The van der Waals surface area contributed by atoms with Crippen molar-refractivity contribution in [1.82, 2.24) is 4.90 Å². The fourth-order valence-corrected chi connectivity index (χ4v) is 8.24. The minimum atomic E-state index is -1.91. The van der Waals surface area contributed by atoms with E-state index in [1.54, 1.807) is 73.1 Å². The van der Waals surface area contributed by atoms with Gasteiger partial charge in [-0.05, 0) is 98.5 Å². The van der Waals surface area contributed by atoms with Crippen molar-refractivity contribution in [2.24, 2.45) is 33.9 Å². The van der Waals surface area contributed by atoms with Gasteiger partial charge in [-0.1, -0.05) is 39.8 Å². The number of esters is 2. The Morgan fingerprint density at radius 3 is 2.18 bits per heavy atom. The van der Waals surface area contributed by atoms with Crippen LogP contribution < -0.4 is 4.74 Å². The highest BCUT2D eigenvalue weighted by Gasteiger charge is 2.52. The van der Waals surface area contributed by atoms with Crippen LogP contribution in [0, 0.1) is 23.7 Å². The van der Waals surface area contributed by atoms with Gasteiger partial charge in [-0.3, -0.25) is 9.59 Å². The Bertz CT molecular complexity index is 1500. The van der Waals surface area contributed by atoms with Crippen LogP contribution in [0.2, 0.25) is 0 Å². The van der Waals surface area contributed by atoms with E-state index < -0.39 is 83.6 Å². The van der Waals surface area contributed by atoms with Crippen LogP contribution in [0.5, 0.6) is 5.75 Å². The molecule has 14 nitrogen and oxygen atoms in total. The summed E-state index contributed by atoms with van der Waals surface area (Å²) in [5.41, 5.74) is -1.28. The number of hydrogen-bond donors (Lipinski definition) is 3. The molecule has 0 aliphatic carbocycles. The van der Waals surface area contributed by atoms with Gasteiger partial charge in [0.15, 0.2) is 6.29 Å².